The number of sulfonamides is 1. The summed E-state index contributed by atoms with van der Waals surface area (Å²) in [6.45, 7) is 0.459. The summed E-state index contributed by atoms with van der Waals surface area (Å²) >= 11 is 1.76. The van der Waals surface area contributed by atoms with Crippen molar-refractivity contribution in [3.8, 4) is 0 Å². The van der Waals surface area contributed by atoms with Gasteiger partial charge in [-0.3, -0.25) is 0 Å². The number of anilines is 1. The van der Waals surface area contributed by atoms with Crippen molar-refractivity contribution in [3.63, 3.8) is 0 Å². The highest BCUT2D eigenvalue weighted by Crippen LogP contribution is 2.18. The van der Waals surface area contributed by atoms with E-state index in [1.54, 1.807) is 42.1 Å². The number of nitrogens with two attached hydrogens (primary N) is 1. The molecule has 5 nitrogen and oxygen atoms in total. The lowest BCUT2D eigenvalue weighted by Crippen LogP contribution is -2.24. The number of aromatic nitrogens is 1. The molecule has 0 unspecified atom stereocenters. The number of pyridine rings is 1. The standard InChI is InChI=1S/C14H19N3O2S2/c1-20-9-3-2-8-16-21(18,19)12-5-6-13-11(10-12)4-7-14(15)17-13/h4-7,10,16H,2-3,8-9H2,1H3,(H2,15,17). The Bertz CT molecular complexity index is 717. The molecule has 0 spiro atoms. The molecule has 1 heterocycles. The largest absolute Gasteiger partial charge is 0.384 e. The van der Waals surface area contributed by atoms with E-state index in [4.69, 9.17) is 5.73 Å². The van der Waals surface area contributed by atoms with Crippen LogP contribution in [0.5, 0.6) is 0 Å². The van der Waals surface area contributed by atoms with E-state index in [1.165, 1.54) is 0 Å². The lowest BCUT2D eigenvalue weighted by Gasteiger charge is -2.07. The molecule has 114 valence electrons. The Morgan fingerprint density at radius 1 is 1.24 bits per heavy atom. The first kappa shape index (κ1) is 16.1. The van der Waals surface area contributed by atoms with E-state index < -0.39 is 10.0 Å². The van der Waals surface area contributed by atoms with Crippen LogP contribution in [0.3, 0.4) is 0 Å². The van der Waals surface area contributed by atoms with Crippen LogP contribution in [-0.2, 0) is 10.0 Å². The molecule has 0 aliphatic rings. The third kappa shape index (κ3) is 4.33. The third-order valence-corrected chi connectivity index (χ3v) is 5.22. The zero-order valence-corrected chi connectivity index (χ0v) is 13.5. The normalized spacial score (nSPS) is 11.9. The van der Waals surface area contributed by atoms with Gasteiger partial charge in [-0.1, -0.05) is 0 Å². The molecule has 2 aromatic rings. The average Bonchev–Trinajstić information content (AvgIpc) is 2.46. The minimum absolute atomic E-state index is 0.256. The second-order valence-corrected chi connectivity index (χ2v) is 7.44. The Labute approximate surface area is 129 Å². The Morgan fingerprint density at radius 3 is 2.81 bits per heavy atom. The van der Waals surface area contributed by atoms with Gasteiger partial charge < -0.3 is 5.73 Å². The highest BCUT2D eigenvalue weighted by molar-refractivity contribution is 7.98. The van der Waals surface area contributed by atoms with Crippen LogP contribution in [0, 0.1) is 0 Å². The molecule has 0 saturated heterocycles. The lowest BCUT2D eigenvalue weighted by atomic mass is 10.2. The summed E-state index contributed by atoms with van der Waals surface area (Å²) in [5.41, 5.74) is 6.30. The number of nitrogens with one attached hydrogen (secondary N) is 1. The van der Waals surface area contributed by atoms with E-state index in [0.717, 1.165) is 24.0 Å². The van der Waals surface area contributed by atoms with Gasteiger partial charge in [0.15, 0.2) is 0 Å². The van der Waals surface area contributed by atoms with Crippen LogP contribution >= 0.6 is 11.8 Å². The van der Waals surface area contributed by atoms with Gasteiger partial charge in [-0.25, -0.2) is 18.1 Å². The van der Waals surface area contributed by atoms with E-state index >= 15 is 0 Å². The molecule has 0 saturated carbocycles. The Morgan fingerprint density at radius 2 is 2.05 bits per heavy atom. The summed E-state index contributed by atoms with van der Waals surface area (Å²) in [4.78, 5) is 4.41. The molecule has 1 aromatic carbocycles. The van der Waals surface area contributed by atoms with Crippen molar-refractivity contribution in [1.82, 2.24) is 9.71 Å². The number of unbranched alkanes of at least 4 members (excludes halogenated alkanes) is 1. The highest BCUT2D eigenvalue weighted by Gasteiger charge is 2.13. The predicted octanol–water partition coefficient (Wildman–Crippen LogP) is 2.24. The van der Waals surface area contributed by atoms with Crippen molar-refractivity contribution in [2.75, 3.05) is 24.3 Å². The number of fused-ring (bicyclic) bond motifs is 1. The molecule has 1 aromatic heterocycles. The molecule has 0 fully saturated rings. The monoisotopic (exact) mass is 325 g/mol. The maximum atomic E-state index is 12.2. The first-order valence-corrected chi connectivity index (χ1v) is 9.55. The SMILES string of the molecule is CSCCCCNS(=O)(=O)c1ccc2nc(N)ccc2c1. The fourth-order valence-corrected chi connectivity index (χ4v) is 3.55. The van der Waals surface area contributed by atoms with Crippen molar-refractivity contribution in [2.45, 2.75) is 17.7 Å². The van der Waals surface area contributed by atoms with E-state index in [0.29, 0.717) is 17.9 Å². The predicted molar refractivity (Wildman–Crippen MR) is 89.0 cm³/mol. The zero-order chi connectivity index (χ0) is 15.3. The number of rotatable bonds is 7. The molecule has 0 radical (unpaired) electrons. The highest BCUT2D eigenvalue weighted by atomic mass is 32.2. The summed E-state index contributed by atoms with van der Waals surface area (Å²) in [5, 5.41) is 0.759. The third-order valence-electron chi connectivity index (χ3n) is 3.06. The molecule has 0 aliphatic heterocycles. The van der Waals surface area contributed by atoms with Crippen molar-refractivity contribution in [1.29, 1.82) is 0 Å². The van der Waals surface area contributed by atoms with E-state index in [-0.39, 0.29) is 4.90 Å². The Balaban J connectivity index is 2.11. The maximum absolute atomic E-state index is 12.2. The molecule has 0 aliphatic carbocycles. The van der Waals surface area contributed by atoms with Gasteiger partial charge in [-0.15, -0.1) is 0 Å². The molecule has 0 amide bonds. The van der Waals surface area contributed by atoms with Crippen LogP contribution in [-0.4, -0.2) is 32.0 Å². The summed E-state index contributed by atoms with van der Waals surface area (Å²) in [7, 11) is -3.46. The van der Waals surface area contributed by atoms with E-state index in [9.17, 15) is 8.42 Å². The van der Waals surface area contributed by atoms with Gasteiger partial charge in [0.05, 0.1) is 10.4 Å². The summed E-state index contributed by atoms with van der Waals surface area (Å²) < 4.78 is 27.1. The summed E-state index contributed by atoms with van der Waals surface area (Å²) in [6, 6.07) is 8.28. The lowest BCUT2D eigenvalue weighted by molar-refractivity contribution is 0.578. The zero-order valence-electron chi connectivity index (χ0n) is 11.9. The Hall–Kier alpha value is -1.31. The smallest absolute Gasteiger partial charge is 0.240 e. The van der Waals surface area contributed by atoms with Crippen molar-refractivity contribution in [3.05, 3.63) is 30.3 Å². The molecule has 0 atom stereocenters. The van der Waals surface area contributed by atoms with Gasteiger partial charge in [0, 0.05) is 11.9 Å². The number of hydrogen-bond acceptors (Lipinski definition) is 5. The molecular weight excluding hydrogens is 306 g/mol. The molecule has 3 N–H and O–H groups in total. The van der Waals surface area contributed by atoms with Crippen LogP contribution in [0.15, 0.2) is 35.2 Å². The molecule has 2 rings (SSSR count). The van der Waals surface area contributed by atoms with Gasteiger partial charge in [0.2, 0.25) is 10.0 Å². The van der Waals surface area contributed by atoms with Gasteiger partial charge in [-0.2, -0.15) is 11.8 Å². The minimum Gasteiger partial charge on any atom is -0.384 e. The fraction of sp³-hybridized carbons (Fsp3) is 0.357. The first-order chi connectivity index (χ1) is 10.0. The van der Waals surface area contributed by atoms with Crippen LogP contribution in [0.2, 0.25) is 0 Å². The van der Waals surface area contributed by atoms with Gasteiger partial charge >= 0.3 is 0 Å². The Kier molecular flexibility index (Phi) is 5.44. The van der Waals surface area contributed by atoms with E-state index in [1.807, 2.05) is 6.26 Å². The number of nitrogens with zero attached hydrogens (tertiary/aromatic N) is 1. The molecule has 7 heteroatoms. The molecule has 21 heavy (non-hydrogen) atoms. The van der Waals surface area contributed by atoms with E-state index in [2.05, 4.69) is 9.71 Å². The second-order valence-electron chi connectivity index (χ2n) is 4.69. The van der Waals surface area contributed by atoms with Crippen molar-refractivity contribution < 1.29 is 8.42 Å². The summed E-state index contributed by atoms with van der Waals surface area (Å²) in [5.74, 6) is 1.47. The van der Waals surface area contributed by atoms with Crippen molar-refractivity contribution in [2.24, 2.45) is 0 Å². The van der Waals surface area contributed by atoms with Crippen molar-refractivity contribution >= 4 is 38.5 Å². The van der Waals surface area contributed by atoms with Gasteiger partial charge in [-0.05, 0) is 55.2 Å². The number of nitrogen functional groups attached to an aromatic ring is 1. The quantitative estimate of drug-likeness (QED) is 0.763. The molecule has 0 bridgehead atoms. The summed E-state index contributed by atoms with van der Waals surface area (Å²) in [6.07, 6.45) is 3.89. The first-order valence-electron chi connectivity index (χ1n) is 6.68. The van der Waals surface area contributed by atoms with Crippen LogP contribution in [0.25, 0.3) is 10.9 Å². The van der Waals surface area contributed by atoms with Crippen LogP contribution in [0.4, 0.5) is 5.82 Å². The van der Waals surface area contributed by atoms with Crippen LogP contribution in [0.1, 0.15) is 12.8 Å². The number of thioether (sulfide) groups is 1. The fourth-order valence-electron chi connectivity index (χ4n) is 1.95. The number of hydrogen-bond donors (Lipinski definition) is 2. The average molecular weight is 325 g/mol. The van der Waals surface area contributed by atoms with Crippen LogP contribution < -0.4 is 10.5 Å². The topological polar surface area (TPSA) is 85.1 Å². The second kappa shape index (κ2) is 7.11. The molecular formula is C14H19N3O2S2. The van der Waals surface area contributed by atoms with Gasteiger partial charge in [0.1, 0.15) is 5.82 Å². The van der Waals surface area contributed by atoms with Gasteiger partial charge in [0.25, 0.3) is 0 Å². The minimum atomic E-state index is -3.46. The number of benzene rings is 1. The maximum Gasteiger partial charge on any atom is 0.240 e.